The Hall–Kier alpha value is -4.03. The number of carbonyl (C=O) groups is 1. The Morgan fingerprint density at radius 3 is 2.69 bits per heavy atom. The average Bonchev–Trinajstić information content (AvgIpc) is 3.67. The van der Waals surface area contributed by atoms with Crippen LogP contribution in [0, 0.1) is 11.3 Å². The van der Waals surface area contributed by atoms with Gasteiger partial charge in [0.25, 0.3) is 5.91 Å². The molecule has 0 unspecified atom stereocenters. The van der Waals surface area contributed by atoms with Crippen LogP contribution in [-0.4, -0.2) is 33.4 Å². The maximum atomic E-state index is 12.9. The average molecular weight is 483 g/mol. The molecule has 1 aromatic carbocycles. The largest absolute Gasteiger partial charge is 0.349 e. The Bertz CT molecular complexity index is 1350. The van der Waals surface area contributed by atoms with E-state index in [-0.39, 0.29) is 17.4 Å². The molecule has 0 radical (unpaired) electrons. The quantitative estimate of drug-likeness (QED) is 0.414. The highest BCUT2D eigenvalue weighted by Crippen LogP contribution is 2.28. The second kappa shape index (κ2) is 9.55. The molecule has 0 spiro atoms. The van der Waals surface area contributed by atoms with Gasteiger partial charge in [0.1, 0.15) is 23.3 Å². The van der Waals surface area contributed by atoms with Crippen molar-refractivity contribution in [3.05, 3.63) is 64.5 Å². The van der Waals surface area contributed by atoms with Gasteiger partial charge in [0.15, 0.2) is 0 Å². The summed E-state index contributed by atoms with van der Waals surface area (Å²) < 4.78 is 0. The number of hydrogen-bond acceptors (Lipinski definition) is 8. The monoisotopic (exact) mass is 482 g/mol. The van der Waals surface area contributed by atoms with Gasteiger partial charge in [-0.25, -0.2) is 9.97 Å². The van der Waals surface area contributed by atoms with E-state index in [1.807, 2.05) is 26.8 Å². The number of aromatic nitrogens is 3. The summed E-state index contributed by atoms with van der Waals surface area (Å²) in [5, 5.41) is 22.4. The van der Waals surface area contributed by atoms with E-state index in [1.54, 1.807) is 12.1 Å². The summed E-state index contributed by atoms with van der Waals surface area (Å²) in [6.45, 7) is 7.86. The number of anilines is 4. The molecule has 9 nitrogen and oxygen atoms in total. The maximum Gasteiger partial charge on any atom is 0.256 e. The molecule has 36 heavy (non-hydrogen) atoms. The number of carbonyl (C=O) groups excluding carboxylic acids is 1. The predicted molar refractivity (Wildman–Crippen MR) is 139 cm³/mol. The fourth-order valence-electron chi connectivity index (χ4n) is 4.19. The van der Waals surface area contributed by atoms with Gasteiger partial charge in [-0.1, -0.05) is 26.8 Å². The summed E-state index contributed by atoms with van der Waals surface area (Å²) in [6, 6.07) is 12.1. The van der Waals surface area contributed by atoms with Gasteiger partial charge in [0.05, 0.1) is 11.3 Å². The maximum absolute atomic E-state index is 12.9. The standard InChI is InChI=1S/C27H30N8O/c1-27(2,3)23-17(13-28)5-9-22(33-23)34-24-21(25(36)31-19-7-8-19)15-30-26(35-24)32-20-6-4-18-14-29-11-10-16(18)12-20/h4-6,9,12,15,19,29H,7-8,10-11,14H2,1-3H3,(H,31,36)(H2,30,32,33,34,35). The molecule has 1 aliphatic heterocycles. The highest BCUT2D eigenvalue weighted by molar-refractivity contribution is 5.99. The highest BCUT2D eigenvalue weighted by Gasteiger charge is 2.26. The molecule has 0 bridgehead atoms. The molecule has 3 heterocycles. The van der Waals surface area contributed by atoms with E-state index in [2.05, 4.69) is 49.4 Å². The van der Waals surface area contributed by atoms with E-state index in [0.29, 0.717) is 34.4 Å². The molecule has 2 aromatic heterocycles. The first-order chi connectivity index (χ1) is 17.3. The van der Waals surface area contributed by atoms with Crippen LogP contribution < -0.4 is 21.3 Å². The van der Waals surface area contributed by atoms with Crippen LogP contribution >= 0.6 is 0 Å². The van der Waals surface area contributed by atoms with Crippen LogP contribution in [0.2, 0.25) is 0 Å². The van der Waals surface area contributed by atoms with Crippen LogP contribution in [0.25, 0.3) is 0 Å². The summed E-state index contributed by atoms with van der Waals surface area (Å²) in [4.78, 5) is 26.7. The fraction of sp³-hybridized carbons (Fsp3) is 0.370. The van der Waals surface area contributed by atoms with Crippen LogP contribution in [0.4, 0.5) is 23.3 Å². The van der Waals surface area contributed by atoms with Crippen molar-refractivity contribution in [3.8, 4) is 6.07 Å². The summed E-state index contributed by atoms with van der Waals surface area (Å²) >= 11 is 0. The second-order valence-electron chi connectivity index (χ2n) is 10.3. The van der Waals surface area contributed by atoms with Gasteiger partial charge in [0.2, 0.25) is 5.95 Å². The van der Waals surface area contributed by atoms with Crippen molar-refractivity contribution in [1.82, 2.24) is 25.6 Å². The molecule has 1 amide bonds. The molecular weight excluding hydrogens is 452 g/mol. The number of hydrogen-bond donors (Lipinski definition) is 4. The van der Waals surface area contributed by atoms with Crippen molar-refractivity contribution < 1.29 is 4.79 Å². The number of nitrogens with zero attached hydrogens (tertiary/aromatic N) is 4. The summed E-state index contributed by atoms with van der Waals surface area (Å²) in [5.74, 6) is 1.01. The van der Waals surface area contributed by atoms with E-state index in [1.165, 1.54) is 17.3 Å². The Labute approximate surface area is 210 Å². The lowest BCUT2D eigenvalue weighted by Gasteiger charge is -2.20. The molecule has 0 atom stereocenters. The van der Waals surface area contributed by atoms with Gasteiger partial charge in [-0.2, -0.15) is 10.2 Å². The minimum absolute atomic E-state index is 0.202. The molecule has 5 rings (SSSR count). The summed E-state index contributed by atoms with van der Waals surface area (Å²) in [6.07, 6.45) is 4.47. The van der Waals surface area contributed by atoms with Crippen LogP contribution in [0.1, 0.15) is 66.4 Å². The van der Waals surface area contributed by atoms with Gasteiger partial charge in [-0.15, -0.1) is 0 Å². The third-order valence-electron chi connectivity index (χ3n) is 6.27. The van der Waals surface area contributed by atoms with E-state index in [4.69, 9.17) is 4.98 Å². The number of nitriles is 1. The topological polar surface area (TPSA) is 128 Å². The van der Waals surface area contributed by atoms with E-state index >= 15 is 0 Å². The van der Waals surface area contributed by atoms with Crippen LogP contribution in [-0.2, 0) is 18.4 Å². The molecule has 1 aliphatic carbocycles. The fourth-order valence-corrected chi connectivity index (χ4v) is 4.19. The van der Waals surface area contributed by atoms with Crippen molar-refractivity contribution in [2.45, 2.75) is 58.0 Å². The SMILES string of the molecule is CC(C)(C)c1nc(Nc2nc(Nc3ccc4c(c3)CCNC4)ncc2C(=O)NC2CC2)ccc1C#N. The molecule has 1 saturated carbocycles. The number of rotatable bonds is 6. The van der Waals surface area contributed by atoms with Gasteiger partial charge >= 0.3 is 0 Å². The molecular formula is C27H30N8O. The molecule has 184 valence electrons. The minimum Gasteiger partial charge on any atom is -0.349 e. The third-order valence-corrected chi connectivity index (χ3v) is 6.27. The number of fused-ring (bicyclic) bond motifs is 1. The van der Waals surface area contributed by atoms with E-state index in [0.717, 1.165) is 38.0 Å². The van der Waals surface area contributed by atoms with Gasteiger partial charge < -0.3 is 21.3 Å². The van der Waals surface area contributed by atoms with E-state index in [9.17, 15) is 10.1 Å². The Morgan fingerprint density at radius 1 is 1.11 bits per heavy atom. The van der Waals surface area contributed by atoms with Gasteiger partial charge in [-0.05, 0) is 61.2 Å². The molecule has 3 aromatic rings. The molecule has 2 aliphatic rings. The number of benzene rings is 1. The zero-order valence-corrected chi connectivity index (χ0v) is 20.8. The zero-order valence-electron chi connectivity index (χ0n) is 20.8. The van der Waals surface area contributed by atoms with Gasteiger partial charge in [0, 0.05) is 29.9 Å². The first-order valence-electron chi connectivity index (χ1n) is 12.3. The predicted octanol–water partition coefficient (Wildman–Crippen LogP) is 4.07. The first kappa shape index (κ1) is 23.7. The molecule has 1 fully saturated rings. The van der Waals surface area contributed by atoms with E-state index < -0.39 is 0 Å². The lowest BCUT2D eigenvalue weighted by molar-refractivity contribution is 0.0951. The zero-order chi connectivity index (χ0) is 25.3. The number of pyridine rings is 1. The Kier molecular flexibility index (Phi) is 6.29. The summed E-state index contributed by atoms with van der Waals surface area (Å²) in [5.41, 5.74) is 4.70. The first-order valence-corrected chi connectivity index (χ1v) is 12.3. The lowest BCUT2D eigenvalue weighted by Crippen LogP contribution is -2.27. The van der Waals surface area contributed by atoms with Crippen LogP contribution in [0.15, 0.2) is 36.5 Å². The van der Waals surface area contributed by atoms with Crippen LogP contribution in [0.5, 0.6) is 0 Å². The van der Waals surface area contributed by atoms with Crippen molar-refractivity contribution in [2.75, 3.05) is 17.2 Å². The second-order valence-corrected chi connectivity index (χ2v) is 10.3. The van der Waals surface area contributed by atoms with Gasteiger partial charge in [-0.3, -0.25) is 4.79 Å². The lowest BCUT2D eigenvalue weighted by atomic mass is 9.88. The minimum atomic E-state index is -0.324. The van der Waals surface area contributed by atoms with Crippen molar-refractivity contribution in [2.24, 2.45) is 0 Å². The third kappa shape index (κ3) is 5.29. The molecule has 0 saturated heterocycles. The Balaban J connectivity index is 1.47. The number of amides is 1. The Morgan fingerprint density at radius 2 is 1.94 bits per heavy atom. The molecule has 9 heteroatoms. The normalized spacial score (nSPS) is 14.9. The van der Waals surface area contributed by atoms with Crippen LogP contribution in [0.3, 0.4) is 0 Å². The smallest absolute Gasteiger partial charge is 0.256 e. The van der Waals surface area contributed by atoms with Crippen molar-refractivity contribution in [3.63, 3.8) is 0 Å². The number of nitrogens with one attached hydrogen (secondary N) is 4. The van der Waals surface area contributed by atoms with Crippen molar-refractivity contribution >= 4 is 29.2 Å². The molecule has 4 N–H and O–H groups in total. The highest BCUT2D eigenvalue weighted by atomic mass is 16.1. The summed E-state index contributed by atoms with van der Waals surface area (Å²) in [7, 11) is 0. The van der Waals surface area contributed by atoms with Crippen molar-refractivity contribution in [1.29, 1.82) is 5.26 Å².